The van der Waals surface area contributed by atoms with Crippen LogP contribution in [-0.2, 0) is 11.2 Å². The molecule has 1 atom stereocenters. The van der Waals surface area contributed by atoms with Crippen molar-refractivity contribution in [3.63, 3.8) is 0 Å². The van der Waals surface area contributed by atoms with Gasteiger partial charge in [0.25, 0.3) is 0 Å². The van der Waals surface area contributed by atoms with E-state index in [2.05, 4.69) is 11.0 Å². The molecule has 0 aliphatic carbocycles. The highest BCUT2D eigenvalue weighted by molar-refractivity contribution is 5.76. The second-order valence-corrected chi connectivity index (χ2v) is 5.82. The van der Waals surface area contributed by atoms with E-state index < -0.39 is 0 Å². The van der Waals surface area contributed by atoms with Crippen LogP contribution in [0.25, 0.3) is 0 Å². The van der Waals surface area contributed by atoms with Crippen molar-refractivity contribution in [3.05, 3.63) is 23.8 Å². The molecule has 1 saturated heterocycles. The molecule has 1 aromatic carbocycles. The molecule has 0 bridgehead atoms. The van der Waals surface area contributed by atoms with Crippen LogP contribution in [0, 0.1) is 0 Å². The maximum absolute atomic E-state index is 12.1. The summed E-state index contributed by atoms with van der Waals surface area (Å²) in [5.41, 5.74) is 1.23. The summed E-state index contributed by atoms with van der Waals surface area (Å²) in [6, 6.07) is 6.45. The molecule has 1 heterocycles. The monoisotopic (exact) mass is 305 g/mol. The number of ether oxygens (including phenoxy) is 2. The molecule has 1 amide bonds. The number of hydrogen-bond donors (Lipinski definition) is 0. The third kappa shape index (κ3) is 3.93. The maximum Gasteiger partial charge on any atom is 0.222 e. The fourth-order valence-electron chi connectivity index (χ4n) is 3.20. The standard InChI is InChI=1S/C18H27NO3/c1-4-18(20)19-12-6-5-7-15(19)10-8-14-9-11-16(21-2)17(13-14)22-3/h9,11,13,15H,4-8,10,12H2,1-3H3. The fraction of sp³-hybridized carbons (Fsp3) is 0.611. The van der Waals surface area contributed by atoms with Crippen molar-refractivity contribution in [2.75, 3.05) is 20.8 Å². The number of piperidine rings is 1. The Bertz CT molecular complexity index is 501. The first-order valence-corrected chi connectivity index (χ1v) is 8.20. The summed E-state index contributed by atoms with van der Waals surface area (Å²) in [5.74, 6) is 1.81. The number of benzene rings is 1. The van der Waals surface area contributed by atoms with Crippen LogP contribution in [0.2, 0.25) is 0 Å². The zero-order valence-electron chi connectivity index (χ0n) is 13.9. The molecule has 1 aliphatic heterocycles. The number of rotatable bonds is 6. The van der Waals surface area contributed by atoms with Crippen LogP contribution in [0.3, 0.4) is 0 Å². The van der Waals surface area contributed by atoms with Crippen molar-refractivity contribution in [2.24, 2.45) is 0 Å². The Morgan fingerprint density at radius 1 is 1.23 bits per heavy atom. The number of hydrogen-bond acceptors (Lipinski definition) is 3. The lowest BCUT2D eigenvalue weighted by Crippen LogP contribution is -2.43. The Hall–Kier alpha value is -1.71. The Labute approximate surface area is 133 Å². The fourth-order valence-corrected chi connectivity index (χ4v) is 3.20. The number of methoxy groups -OCH3 is 2. The van der Waals surface area contributed by atoms with Crippen molar-refractivity contribution < 1.29 is 14.3 Å². The third-order valence-electron chi connectivity index (χ3n) is 4.46. The summed E-state index contributed by atoms with van der Waals surface area (Å²) >= 11 is 0. The van der Waals surface area contributed by atoms with Gasteiger partial charge < -0.3 is 14.4 Å². The van der Waals surface area contributed by atoms with Gasteiger partial charge in [0, 0.05) is 19.0 Å². The summed E-state index contributed by atoms with van der Waals surface area (Å²) in [4.78, 5) is 14.1. The van der Waals surface area contributed by atoms with Crippen molar-refractivity contribution in [1.82, 2.24) is 4.90 Å². The number of likely N-dealkylation sites (tertiary alicyclic amines) is 1. The van der Waals surface area contributed by atoms with Gasteiger partial charge in [0.05, 0.1) is 14.2 Å². The van der Waals surface area contributed by atoms with Gasteiger partial charge in [-0.25, -0.2) is 0 Å². The highest BCUT2D eigenvalue weighted by atomic mass is 16.5. The molecule has 4 heteroatoms. The van der Waals surface area contributed by atoms with Crippen molar-refractivity contribution >= 4 is 5.91 Å². The molecule has 22 heavy (non-hydrogen) atoms. The van der Waals surface area contributed by atoms with Gasteiger partial charge in [-0.1, -0.05) is 13.0 Å². The summed E-state index contributed by atoms with van der Waals surface area (Å²) < 4.78 is 10.6. The van der Waals surface area contributed by atoms with Crippen molar-refractivity contribution in [1.29, 1.82) is 0 Å². The van der Waals surface area contributed by atoms with Crippen LogP contribution >= 0.6 is 0 Å². The molecule has 0 spiro atoms. The quantitative estimate of drug-likeness (QED) is 0.808. The minimum absolute atomic E-state index is 0.289. The van der Waals surface area contributed by atoms with E-state index in [1.165, 1.54) is 12.0 Å². The third-order valence-corrected chi connectivity index (χ3v) is 4.46. The summed E-state index contributed by atoms with van der Waals surface area (Å²) in [6.07, 6.45) is 6.06. The normalized spacial score (nSPS) is 18.1. The lowest BCUT2D eigenvalue weighted by molar-refractivity contribution is -0.134. The predicted molar refractivity (Wildman–Crippen MR) is 87.5 cm³/mol. The van der Waals surface area contributed by atoms with Crippen LogP contribution in [-0.4, -0.2) is 37.6 Å². The van der Waals surface area contributed by atoms with Crippen LogP contribution in [0.5, 0.6) is 11.5 Å². The molecule has 2 rings (SSSR count). The maximum atomic E-state index is 12.1. The van der Waals surface area contributed by atoms with Gasteiger partial charge in [-0.2, -0.15) is 0 Å². The molecule has 4 nitrogen and oxygen atoms in total. The first kappa shape index (κ1) is 16.7. The molecule has 0 saturated carbocycles. The average molecular weight is 305 g/mol. The van der Waals surface area contributed by atoms with Crippen LogP contribution in [0.1, 0.15) is 44.6 Å². The van der Waals surface area contributed by atoms with Gasteiger partial charge >= 0.3 is 0 Å². The molecule has 1 fully saturated rings. The predicted octanol–water partition coefficient (Wildman–Crippen LogP) is 3.43. The van der Waals surface area contributed by atoms with E-state index in [0.717, 1.165) is 43.7 Å². The molecule has 1 aliphatic rings. The van der Waals surface area contributed by atoms with E-state index in [0.29, 0.717) is 12.5 Å². The zero-order valence-corrected chi connectivity index (χ0v) is 13.9. The van der Waals surface area contributed by atoms with Crippen LogP contribution in [0.15, 0.2) is 18.2 Å². The largest absolute Gasteiger partial charge is 0.493 e. The first-order valence-electron chi connectivity index (χ1n) is 8.20. The van der Waals surface area contributed by atoms with E-state index >= 15 is 0 Å². The van der Waals surface area contributed by atoms with Gasteiger partial charge in [0.15, 0.2) is 11.5 Å². The van der Waals surface area contributed by atoms with Crippen molar-refractivity contribution in [2.45, 2.75) is 51.5 Å². The van der Waals surface area contributed by atoms with Crippen molar-refractivity contribution in [3.8, 4) is 11.5 Å². The lowest BCUT2D eigenvalue weighted by Gasteiger charge is -2.36. The molecule has 122 valence electrons. The van der Waals surface area contributed by atoms with E-state index in [4.69, 9.17) is 9.47 Å². The number of carbonyl (C=O) groups is 1. The minimum atomic E-state index is 0.289. The Morgan fingerprint density at radius 2 is 2.00 bits per heavy atom. The van der Waals surface area contributed by atoms with E-state index in [9.17, 15) is 4.79 Å². The molecular weight excluding hydrogens is 278 g/mol. The smallest absolute Gasteiger partial charge is 0.222 e. The number of aryl methyl sites for hydroxylation is 1. The summed E-state index contributed by atoms with van der Waals surface area (Å²) in [5, 5.41) is 0. The molecule has 0 N–H and O–H groups in total. The van der Waals surface area contributed by atoms with E-state index in [1.807, 2.05) is 19.1 Å². The van der Waals surface area contributed by atoms with Gasteiger partial charge in [-0.05, 0) is 49.8 Å². The molecule has 0 radical (unpaired) electrons. The van der Waals surface area contributed by atoms with Crippen LogP contribution in [0.4, 0.5) is 0 Å². The van der Waals surface area contributed by atoms with Gasteiger partial charge in [0.1, 0.15) is 0 Å². The number of amides is 1. The topological polar surface area (TPSA) is 38.8 Å². The lowest BCUT2D eigenvalue weighted by atomic mass is 9.95. The highest BCUT2D eigenvalue weighted by Gasteiger charge is 2.25. The molecular formula is C18H27NO3. The average Bonchev–Trinajstić information content (AvgIpc) is 2.59. The second kappa shape index (κ2) is 8.06. The molecule has 1 aromatic rings. The SMILES string of the molecule is CCC(=O)N1CCCCC1CCc1ccc(OC)c(OC)c1. The summed E-state index contributed by atoms with van der Waals surface area (Å²) in [6.45, 7) is 2.87. The Morgan fingerprint density at radius 3 is 2.68 bits per heavy atom. The Kier molecular flexibility index (Phi) is 6.10. The zero-order chi connectivity index (χ0) is 15.9. The van der Waals surface area contributed by atoms with E-state index in [-0.39, 0.29) is 5.91 Å². The highest BCUT2D eigenvalue weighted by Crippen LogP contribution is 2.29. The van der Waals surface area contributed by atoms with Gasteiger partial charge in [0.2, 0.25) is 5.91 Å². The number of nitrogens with zero attached hydrogens (tertiary/aromatic N) is 1. The first-order chi connectivity index (χ1) is 10.7. The minimum Gasteiger partial charge on any atom is -0.493 e. The Balaban J connectivity index is 2.00. The van der Waals surface area contributed by atoms with Gasteiger partial charge in [-0.15, -0.1) is 0 Å². The molecule has 0 aromatic heterocycles. The second-order valence-electron chi connectivity index (χ2n) is 5.82. The van der Waals surface area contributed by atoms with E-state index in [1.54, 1.807) is 14.2 Å². The molecule has 1 unspecified atom stereocenters. The van der Waals surface area contributed by atoms with Gasteiger partial charge in [-0.3, -0.25) is 4.79 Å². The van der Waals surface area contributed by atoms with Crippen LogP contribution < -0.4 is 9.47 Å². The number of carbonyl (C=O) groups excluding carboxylic acids is 1. The summed E-state index contributed by atoms with van der Waals surface area (Å²) in [7, 11) is 3.30.